The lowest BCUT2D eigenvalue weighted by Gasteiger charge is -2.38. The van der Waals surface area contributed by atoms with Gasteiger partial charge in [-0.2, -0.15) is 0 Å². The minimum atomic E-state index is -4.08. The number of hydrogen-bond acceptors (Lipinski definition) is 13. The zero-order chi connectivity index (χ0) is 46.9. The van der Waals surface area contributed by atoms with Gasteiger partial charge in [0, 0.05) is 86.7 Å². The predicted octanol–water partition coefficient (Wildman–Crippen LogP) is 7.20. The van der Waals surface area contributed by atoms with Crippen molar-refractivity contribution in [3.8, 4) is 21.8 Å². The molecular weight excluding hydrogens is 887 g/mol. The highest BCUT2D eigenvalue weighted by Crippen LogP contribution is 2.43. The molecule has 4 N–H and O–H groups in total. The lowest BCUT2D eigenvalue weighted by atomic mass is 9.91. The maximum atomic E-state index is 16.3. The van der Waals surface area contributed by atoms with E-state index in [1.807, 2.05) is 42.7 Å². The van der Waals surface area contributed by atoms with Crippen LogP contribution in [0, 0.1) is 17.6 Å². The molecule has 3 aromatic heterocycles. The molecule has 6 heterocycles. The summed E-state index contributed by atoms with van der Waals surface area (Å²) in [6.45, 7) is 11.1. The number of carbonyl (C=O) groups is 3. The third-order valence-corrected chi connectivity index (χ3v) is 15.4. The Morgan fingerprint density at radius 1 is 0.955 bits per heavy atom. The summed E-state index contributed by atoms with van der Waals surface area (Å²) in [6, 6.07) is 14.9. The number of benzene rings is 2. The van der Waals surface area contributed by atoms with E-state index in [0.717, 1.165) is 42.3 Å². The highest BCUT2D eigenvalue weighted by atomic mass is 32.2. The number of nitrogens with two attached hydrogens (primary N) is 1. The summed E-state index contributed by atoms with van der Waals surface area (Å²) in [5.74, 6) is -0.690. The van der Waals surface area contributed by atoms with Crippen LogP contribution in [0.3, 0.4) is 0 Å². The van der Waals surface area contributed by atoms with Crippen LogP contribution in [0.1, 0.15) is 93.5 Å². The molecule has 2 atom stereocenters. The monoisotopic (exact) mass is 940 g/mol. The van der Waals surface area contributed by atoms with Crippen LogP contribution in [-0.4, -0.2) is 90.2 Å². The van der Waals surface area contributed by atoms with E-state index in [9.17, 15) is 22.8 Å². The number of amides is 3. The van der Waals surface area contributed by atoms with E-state index in [1.165, 1.54) is 23.5 Å². The zero-order valence-corrected chi connectivity index (χ0v) is 39.0. The Balaban J connectivity index is 0.869. The van der Waals surface area contributed by atoms with Crippen molar-refractivity contribution in [2.75, 3.05) is 54.4 Å². The average molecular weight is 941 g/mol. The Hall–Kier alpha value is -5.92. The predicted molar refractivity (Wildman–Crippen MR) is 251 cm³/mol. The summed E-state index contributed by atoms with van der Waals surface area (Å²) in [5, 5.41) is 10.5. The summed E-state index contributed by atoms with van der Waals surface area (Å²) in [6.07, 6.45) is 6.33. The number of rotatable bonds is 12. The summed E-state index contributed by atoms with van der Waals surface area (Å²) in [7, 11) is -4.08. The second-order valence-electron chi connectivity index (χ2n) is 18.2. The van der Waals surface area contributed by atoms with Crippen LogP contribution in [0.25, 0.3) is 21.8 Å². The topological polar surface area (TPSA) is 197 Å². The van der Waals surface area contributed by atoms with Crippen molar-refractivity contribution in [3.63, 3.8) is 0 Å². The molecule has 3 saturated heterocycles. The molecule has 0 aliphatic carbocycles. The Kier molecular flexibility index (Phi) is 13.5. The minimum Gasteiger partial charge on any atom is -0.366 e. The number of thiazole rings is 1. The van der Waals surface area contributed by atoms with Gasteiger partial charge in [-0.3, -0.25) is 19.7 Å². The van der Waals surface area contributed by atoms with Crippen molar-refractivity contribution < 1.29 is 31.6 Å². The van der Waals surface area contributed by atoms with Gasteiger partial charge in [0.05, 0.1) is 32.9 Å². The fourth-order valence-corrected chi connectivity index (χ4v) is 11.0. The molecule has 0 spiro atoms. The van der Waals surface area contributed by atoms with Crippen LogP contribution >= 0.6 is 11.3 Å². The maximum Gasteiger partial charge on any atom is 0.234 e. The molecule has 8 rings (SSSR count). The van der Waals surface area contributed by atoms with E-state index in [-0.39, 0.29) is 53.1 Å². The first-order valence-corrected chi connectivity index (χ1v) is 24.7. The van der Waals surface area contributed by atoms with Gasteiger partial charge in [0.25, 0.3) is 0 Å². The summed E-state index contributed by atoms with van der Waals surface area (Å²) < 4.78 is 56.8. The van der Waals surface area contributed by atoms with Crippen LogP contribution in [0.4, 0.5) is 31.9 Å². The van der Waals surface area contributed by atoms with Crippen LogP contribution in [0.2, 0.25) is 0 Å². The lowest BCUT2D eigenvalue weighted by Crippen LogP contribution is -2.49. The van der Waals surface area contributed by atoms with E-state index >= 15 is 8.78 Å². The number of sulfonamides is 1. The minimum absolute atomic E-state index is 0.0304. The Bertz CT molecular complexity index is 2730. The van der Waals surface area contributed by atoms with Crippen molar-refractivity contribution in [2.45, 2.75) is 82.8 Å². The van der Waals surface area contributed by atoms with E-state index in [0.29, 0.717) is 73.1 Å². The molecule has 0 bridgehead atoms. The second kappa shape index (κ2) is 19.1. The second-order valence-corrected chi connectivity index (χ2v) is 20.9. The van der Waals surface area contributed by atoms with Gasteiger partial charge in [0.15, 0.2) is 0 Å². The number of piperazine rings is 1. The molecule has 2 unspecified atom stereocenters. The SMILES string of the molecule is CCC(c1cccc(-c2nc(C(C)(C)C)sc2-c2ccnc(Nc3ccc(N4CCN(C(=O)CC5CCN(c6ccc(C7CCC(=O)NC7=O)cn6)CC5)CC4)c(F)c3)n2)c1F)S(N)(=O)=O. The maximum absolute atomic E-state index is 16.3. The molecular formula is C47H54F2N10O5S2. The number of nitrogens with zero attached hydrogens (tertiary/aromatic N) is 7. The number of imide groups is 1. The van der Waals surface area contributed by atoms with E-state index < -0.39 is 32.3 Å². The number of primary sulfonamides is 1. The Morgan fingerprint density at radius 2 is 1.71 bits per heavy atom. The summed E-state index contributed by atoms with van der Waals surface area (Å²) in [5.41, 5.74) is 2.09. The fourth-order valence-electron chi connectivity index (χ4n) is 8.86. The number of pyridine rings is 1. The standard InChI is InChI=1S/C47H54F2N10O5S2/c1-5-37(66(50,63)64)32-7-6-8-33(41(32)49)42-43(65-45(56-42)47(2,3)4)35-15-18-51-46(54-35)53-30-10-12-36(34(48)26-30)57-21-23-59(24-22-57)40(61)25-28-16-19-58(20-17-28)38-13-9-29(27-52-38)31-11-14-39(60)55-44(31)62/h6-10,12-13,15,18,26-28,31,37H,5,11,14,16-17,19-25H2,1-4H3,(H2,50,63,64)(H,51,53,54)(H,55,60,62). The van der Waals surface area contributed by atoms with Crippen molar-refractivity contribution in [2.24, 2.45) is 11.1 Å². The summed E-state index contributed by atoms with van der Waals surface area (Å²) >= 11 is 1.35. The van der Waals surface area contributed by atoms with Crippen LogP contribution < -0.4 is 25.6 Å². The number of piperidine rings is 2. The molecule has 3 aliphatic rings. The normalized spacial score (nSPS) is 18.0. The van der Waals surface area contributed by atoms with E-state index in [1.54, 1.807) is 49.6 Å². The van der Waals surface area contributed by atoms with E-state index in [2.05, 4.69) is 25.5 Å². The Morgan fingerprint density at radius 3 is 2.36 bits per heavy atom. The van der Waals surface area contributed by atoms with Crippen molar-refractivity contribution >= 4 is 62.2 Å². The molecule has 3 amide bonds. The van der Waals surface area contributed by atoms with Gasteiger partial charge in [0.1, 0.15) is 22.7 Å². The molecule has 348 valence electrons. The molecule has 0 saturated carbocycles. The quantitative estimate of drug-likeness (QED) is 0.107. The molecule has 2 aromatic carbocycles. The first kappa shape index (κ1) is 46.6. The molecule has 66 heavy (non-hydrogen) atoms. The fraction of sp³-hybridized carbons (Fsp3) is 0.426. The largest absolute Gasteiger partial charge is 0.366 e. The number of carbonyl (C=O) groups excluding carboxylic acids is 3. The van der Waals surface area contributed by atoms with Crippen LogP contribution in [0.5, 0.6) is 0 Å². The molecule has 0 radical (unpaired) electrons. The highest BCUT2D eigenvalue weighted by molar-refractivity contribution is 7.89. The average Bonchev–Trinajstić information content (AvgIpc) is 3.74. The van der Waals surface area contributed by atoms with Crippen molar-refractivity contribution in [3.05, 3.63) is 94.8 Å². The van der Waals surface area contributed by atoms with Gasteiger partial charge >= 0.3 is 0 Å². The highest BCUT2D eigenvalue weighted by Gasteiger charge is 2.32. The summed E-state index contributed by atoms with van der Waals surface area (Å²) in [4.78, 5) is 62.4. The van der Waals surface area contributed by atoms with E-state index in [4.69, 9.17) is 15.1 Å². The third kappa shape index (κ3) is 10.2. The molecule has 3 aliphatic heterocycles. The Labute approximate surface area is 387 Å². The molecule has 5 aromatic rings. The first-order valence-electron chi connectivity index (χ1n) is 22.3. The van der Waals surface area contributed by atoms with Gasteiger partial charge in [0.2, 0.25) is 33.7 Å². The molecule has 3 fully saturated rings. The van der Waals surface area contributed by atoms with Gasteiger partial charge < -0.3 is 20.0 Å². The number of hydrogen-bond donors (Lipinski definition) is 3. The number of nitrogens with one attached hydrogen (secondary N) is 2. The lowest BCUT2D eigenvalue weighted by molar-refractivity contribution is -0.134. The van der Waals surface area contributed by atoms with Crippen molar-refractivity contribution in [1.82, 2.24) is 30.2 Å². The van der Waals surface area contributed by atoms with Crippen LogP contribution in [-0.2, 0) is 29.8 Å². The third-order valence-electron chi connectivity index (χ3n) is 12.5. The van der Waals surface area contributed by atoms with Crippen molar-refractivity contribution in [1.29, 1.82) is 0 Å². The van der Waals surface area contributed by atoms with Gasteiger partial charge in [-0.1, -0.05) is 45.9 Å². The number of anilines is 4. The molecule has 15 nitrogen and oxygen atoms in total. The smallest absolute Gasteiger partial charge is 0.234 e. The number of aromatic nitrogens is 4. The van der Waals surface area contributed by atoms with Gasteiger partial charge in [-0.15, -0.1) is 11.3 Å². The van der Waals surface area contributed by atoms with Gasteiger partial charge in [-0.25, -0.2) is 42.3 Å². The molecule has 19 heteroatoms. The van der Waals surface area contributed by atoms with Crippen LogP contribution in [0.15, 0.2) is 67.0 Å². The number of halogens is 2. The first-order chi connectivity index (χ1) is 31.5. The zero-order valence-electron chi connectivity index (χ0n) is 37.4. The van der Waals surface area contributed by atoms with Gasteiger partial charge in [-0.05, 0) is 73.6 Å².